The Morgan fingerprint density at radius 3 is 1.96 bits per heavy atom. The minimum absolute atomic E-state index is 0.119. The highest BCUT2D eigenvalue weighted by Gasteiger charge is 2.63. The fourth-order valence-corrected chi connectivity index (χ4v) is 2.05. The summed E-state index contributed by atoms with van der Waals surface area (Å²) in [5.41, 5.74) is -3.51. The zero-order valence-corrected chi connectivity index (χ0v) is 15.1. The third kappa shape index (κ3) is 5.35. The molecule has 10 heteroatoms. The normalized spacial score (nSPS) is 13.3. The summed E-state index contributed by atoms with van der Waals surface area (Å²) in [7, 11) is 0. The first kappa shape index (κ1) is 22.3. The van der Waals surface area contributed by atoms with Gasteiger partial charge >= 0.3 is 23.8 Å². The third-order valence-electron chi connectivity index (χ3n) is 3.38. The van der Waals surface area contributed by atoms with Gasteiger partial charge < -0.3 is 20.1 Å². The van der Waals surface area contributed by atoms with E-state index in [1.807, 2.05) is 5.32 Å². The highest BCUT2D eigenvalue weighted by molar-refractivity contribution is 5.92. The molecule has 0 heterocycles. The summed E-state index contributed by atoms with van der Waals surface area (Å²) in [6.07, 6.45) is -5.48. The first-order valence-corrected chi connectivity index (χ1v) is 8.21. The van der Waals surface area contributed by atoms with Gasteiger partial charge in [-0.15, -0.1) is 0 Å². The molecule has 7 nitrogen and oxygen atoms in total. The van der Waals surface area contributed by atoms with Crippen LogP contribution in [0.25, 0.3) is 0 Å². The molecule has 0 aliphatic rings. The van der Waals surface area contributed by atoms with Gasteiger partial charge in [0, 0.05) is 12.1 Å². The summed E-state index contributed by atoms with van der Waals surface area (Å²) in [6.45, 7) is 4.12. The number of alkyl halides is 3. The smallest absolute Gasteiger partial charge is 0.441 e. The van der Waals surface area contributed by atoms with E-state index in [-0.39, 0.29) is 30.9 Å². The molecule has 0 aliphatic heterocycles. The van der Waals surface area contributed by atoms with Crippen molar-refractivity contribution in [1.82, 2.24) is 5.32 Å². The number of hydrogen-bond acceptors (Lipinski definition) is 6. The van der Waals surface area contributed by atoms with Crippen LogP contribution in [0, 0.1) is 0 Å². The minimum atomic E-state index is -5.20. The second-order valence-electron chi connectivity index (χ2n) is 5.29. The van der Waals surface area contributed by atoms with E-state index in [0.29, 0.717) is 0 Å². The van der Waals surface area contributed by atoms with Gasteiger partial charge in [-0.1, -0.05) is 6.92 Å². The van der Waals surface area contributed by atoms with Gasteiger partial charge in [0.2, 0.25) is 5.91 Å². The van der Waals surface area contributed by atoms with Crippen molar-refractivity contribution < 1.29 is 37.0 Å². The molecule has 0 saturated carbocycles. The highest BCUT2D eigenvalue weighted by Crippen LogP contribution is 2.33. The first-order chi connectivity index (χ1) is 12.6. The Kier molecular flexibility index (Phi) is 7.62. The van der Waals surface area contributed by atoms with Gasteiger partial charge in [-0.05, 0) is 38.1 Å². The van der Waals surface area contributed by atoms with Crippen molar-refractivity contribution in [2.75, 3.05) is 18.5 Å². The lowest BCUT2D eigenvalue weighted by Gasteiger charge is -2.35. The van der Waals surface area contributed by atoms with E-state index >= 15 is 0 Å². The van der Waals surface area contributed by atoms with Crippen molar-refractivity contribution in [3.8, 4) is 0 Å². The molecule has 0 bridgehead atoms. The fraction of sp³-hybridized carbons (Fsp3) is 0.471. The van der Waals surface area contributed by atoms with E-state index in [9.17, 15) is 27.6 Å². The molecule has 0 spiro atoms. The number of benzene rings is 1. The number of nitrogens with one attached hydrogen (secondary N) is 2. The summed E-state index contributed by atoms with van der Waals surface area (Å²) in [5, 5.41) is 3.67. The Morgan fingerprint density at radius 1 is 0.963 bits per heavy atom. The molecular weight excluding hydrogens is 369 g/mol. The van der Waals surface area contributed by atoms with E-state index in [1.165, 1.54) is 26.0 Å². The Bertz CT molecular complexity index is 676. The largest absolute Gasteiger partial charge is 0.463 e. The molecule has 1 amide bonds. The number of amides is 1. The Labute approximate surface area is 154 Å². The van der Waals surface area contributed by atoms with Crippen molar-refractivity contribution in [3.05, 3.63) is 29.8 Å². The Morgan fingerprint density at radius 2 is 1.52 bits per heavy atom. The van der Waals surface area contributed by atoms with Crippen molar-refractivity contribution >= 4 is 23.5 Å². The van der Waals surface area contributed by atoms with E-state index < -0.39 is 29.7 Å². The van der Waals surface area contributed by atoms with Crippen molar-refractivity contribution in [3.63, 3.8) is 0 Å². The van der Waals surface area contributed by atoms with Crippen molar-refractivity contribution in [1.29, 1.82) is 0 Å². The molecule has 2 N–H and O–H groups in total. The average Bonchev–Trinajstić information content (AvgIpc) is 2.60. The molecule has 0 radical (unpaired) electrons. The van der Waals surface area contributed by atoms with Gasteiger partial charge in [-0.3, -0.25) is 4.79 Å². The Hall–Kier alpha value is -2.78. The molecular formula is C17H21F3N2O5. The van der Waals surface area contributed by atoms with Crippen LogP contribution in [-0.2, 0) is 19.1 Å². The van der Waals surface area contributed by atoms with Gasteiger partial charge in [-0.25, -0.2) is 9.59 Å². The number of ether oxygens (including phenoxy) is 2. The summed E-state index contributed by atoms with van der Waals surface area (Å²) in [6, 6.07) is 4.77. The maximum atomic E-state index is 13.8. The maximum Gasteiger partial charge on any atom is 0.441 e. The fourth-order valence-electron chi connectivity index (χ4n) is 2.05. The molecule has 0 aromatic heterocycles. The zero-order valence-electron chi connectivity index (χ0n) is 15.1. The standard InChI is InChI=1S/C17H21F3N2O5/c1-4-13(23)22-16(17(18,19)20,15(25)27-6-3)21-12-9-7-11(8-10-12)14(24)26-5-2/h7-10,21H,4-6H2,1-3H3,(H,22,23)/t16-/m0/s1. The predicted molar refractivity (Wildman–Crippen MR) is 89.9 cm³/mol. The van der Waals surface area contributed by atoms with Crippen LogP contribution in [0.5, 0.6) is 0 Å². The lowest BCUT2D eigenvalue weighted by Crippen LogP contribution is -2.69. The number of anilines is 1. The number of rotatable bonds is 8. The van der Waals surface area contributed by atoms with Crippen molar-refractivity contribution in [2.45, 2.75) is 39.0 Å². The second kappa shape index (κ2) is 9.24. The Balaban J connectivity index is 3.28. The van der Waals surface area contributed by atoms with E-state index in [2.05, 4.69) is 4.74 Å². The SMILES string of the molecule is CCOC(=O)c1ccc(N[C@](NC(=O)CC)(C(=O)OCC)C(F)(F)F)cc1. The number of carbonyl (C=O) groups excluding carboxylic acids is 3. The van der Waals surface area contributed by atoms with Crippen LogP contribution < -0.4 is 10.6 Å². The van der Waals surface area contributed by atoms with Gasteiger partial charge in [0.15, 0.2) is 0 Å². The molecule has 1 atom stereocenters. The number of halogens is 3. The molecule has 150 valence electrons. The summed E-state index contributed by atoms with van der Waals surface area (Å²) >= 11 is 0. The van der Waals surface area contributed by atoms with E-state index in [4.69, 9.17) is 4.74 Å². The maximum absolute atomic E-state index is 13.8. The number of carbonyl (C=O) groups is 3. The molecule has 1 rings (SSSR count). The third-order valence-corrected chi connectivity index (χ3v) is 3.38. The molecule has 0 fully saturated rings. The van der Waals surface area contributed by atoms with Crippen LogP contribution in [0.15, 0.2) is 24.3 Å². The lowest BCUT2D eigenvalue weighted by atomic mass is 10.1. The van der Waals surface area contributed by atoms with E-state index in [1.54, 1.807) is 12.2 Å². The van der Waals surface area contributed by atoms with Gasteiger partial charge in [0.05, 0.1) is 18.8 Å². The van der Waals surface area contributed by atoms with Crippen LogP contribution in [0.2, 0.25) is 0 Å². The highest BCUT2D eigenvalue weighted by atomic mass is 19.4. The quantitative estimate of drug-likeness (QED) is 0.524. The average molecular weight is 390 g/mol. The van der Waals surface area contributed by atoms with Crippen molar-refractivity contribution in [2.24, 2.45) is 0 Å². The molecule has 0 unspecified atom stereocenters. The molecule has 0 saturated heterocycles. The summed E-state index contributed by atoms with van der Waals surface area (Å²) in [4.78, 5) is 35.4. The predicted octanol–water partition coefficient (Wildman–Crippen LogP) is 2.62. The molecule has 27 heavy (non-hydrogen) atoms. The summed E-state index contributed by atoms with van der Waals surface area (Å²) in [5.74, 6) is -3.35. The monoisotopic (exact) mass is 390 g/mol. The van der Waals surface area contributed by atoms with Gasteiger partial charge in [0.25, 0.3) is 0 Å². The van der Waals surface area contributed by atoms with E-state index in [0.717, 1.165) is 12.1 Å². The van der Waals surface area contributed by atoms with Crippen LogP contribution in [-0.4, -0.2) is 42.9 Å². The van der Waals surface area contributed by atoms with Gasteiger partial charge in [0.1, 0.15) is 0 Å². The van der Waals surface area contributed by atoms with Gasteiger partial charge in [-0.2, -0.15) is 13.2 Å². The van der Waals surface area contributed by atoms with Crippen LogP contribution >= 0.6 is 0 Å². The topological polar surface area (TPSA) is 93.7 Å². The second-order valence-corrected chi connectivity index (χ2v) is 5.29. The number of esters is 2. The minimum Gasteiger partial charge on any atom is -0.463 e. The van der Waals surface area contributed by atoms with Crippen LogP contribution in [0.1, 0.15) is 37.6 Å². The summed E-state index contributed by atoms with van der Waals surface area (Å²) < 4.78 is 50.7. The molecule has 1 aromatic rings. The van der Waals surface area contributed by atoms with Crippen LogP contribution in [0.4, 0.5) is 18.9 Å². The molecule has 0 aliphatic carbocycles. The molecule has 1 aromatic carbocycles. The zero-order chi connectivity index (χ0) is 20.7. The first-order valence-electron chi connectivity index (χ1n) is 8.21. The van der Waals surface area contributed by atoms with Crippen LogP contribution in [0.3, 0.4) is 0 Å². The lowest BCUT2D eigenvalue weighted by molar-refractivity contribution is -0.207. The number of hydrogen-bond donors (Lipinski definition) is 2.